The Bertz CT molecular complexity index is 695. The monoisotopic (exact) mass is 347 g/mol. The molecule has 0 aromatic heterocycles. The Hall–Kier alpha value is -1.12. The number of ether oxygens (including phenoxy) is 1. The van der Waals surface area contributed by atoms with Crippen molar-refractivity contribution in [1.82, 2.24) is 4.72 Å². The van der Waals surface area contributed by atoms with E-state index < -0.39 is 25.9 Å². The maximum absolute atomic E-state index is 12.2. The van der Waals surface area contributed by atoms with E-state index in [1.165, 1.54) is 12.1 Å². The van der Waals surface area contributed by atoms with Crippen molar-refractivity contribution in [3.05, 3.63) is 24.3 Å². The van der Waals surface area contributed by atoms with Crippen LogP contribution in [0.3, 0.4) is 0 Å². The molecule has 0 bridgehead atoms. The van der Waals surface area contributed by atoms with Gasteiger partial charge in [0.2, 0.25) is 10.0 Å². The molecule has 1 aliphatic rings. The van der Waals surface area contributed by atoms with Gasteiger partial charge in [-0.2, -0.15) is 0 Å². The van der Waals surface area contributed by atoms with Gasteiger partial charge in [0.15, 0.2) is 9.84 Å². The summed E-state index contributed by atoms with van der Waals surface area (Å²) in [5.74, 6) is 0.519. The molecule has 0 aliphatic carbocycles. The smallest absolute Gasteiger partial charge is 0.240 e. The van der Waals surface area contributed by atoms with Crippen LogP contribution in [0.4, 0.5) is 0 Å². The third kappa shape index (κ3) is 4.69. The lowest BCUT2D eigenvalue weighted by atomic mass is 10.3. The summed E-state index contributed by atoms with van der Waals surface area (Å²) in [7, 11) is -6.82. The Morgan fingerprint density at radius 1 is 1.27 bits per heavy atom. The predicted molar refractivity (Wildman–Crippen MR) is 84.2 cm³/mol. The average molecular weight is 347 g/mol. The number of nitrogens with one attached hydrogen (secondary N) is 1. The van der Waals surface area contributed by atoms with Gasteiger partial charge in [-0.05, 0) is 37.1 Å². The van der Waals surface area contributed by atoms with Gasteiger partial charge in [-0.15, -0.1) is 0 Å². The summed E-state index contributed by atoms with van der Waals surface area (Å²) in [6.45, 7) is 2.66. The molecule has 2 rings (SSSR count). The fourth-order valence-corrected chi connectivity index (χ4v) is 5.27. The van der Waals surface area contributed by atoms with Crippen LogP contribution in [0, 0.1) is 0 Å². The number of unbranched alkanes of at least 4 members (excludes halogenated alkanes) is 1. The highest BCUT2D eigenvalue weighted by Gasteiger charge is 2.31. The van der Waals surface area contributed by atoms with Crippen molar-refractivity contribution in [3.63, 3.8) is 0 Å². The van der Waals surface area contributed by atoms with E-state index in [9.17, 15) is 16.8 Å². The van der Waals surface area contributed by atoms with E-state index >= 15 is 0 Å². The third-order valence-electron chi connectivity index (χ3n) is 3.45. The fourth-order valence-electron chi connectivity index (χ4n) is 2.22. The number of benzene rings is 1. The molecule has 6 nitrogen and oxygen atoms in total. The lowest BCUT2D eigenvalue weighted by molar-refractivity contribution is 0.309. The highest BCUT2D eigenvalue weighted by atomic mass is 32.2. The minimum Gasteiger partial charge on any atom is -0.494 e. The van der Waals surface area contributed by atoms with Crippen LogP contribution in [0.1, 0.15) is 26.2 Å². The van der Waals surface area contributed by atoms with Crippen LogP contribution in [0.5, 0.6) is 5.75 Å². The predicted octanol–water partition coefficient (Wildman–Crippen LogP) is 1.33. The summed E-state index contributed by atoms with van der Waals surface area (Å²) < 4.78 is 55.1. The summed E-state index contributed by atoms with van der Waals surface area (Å²) in [4.78, 5) is 0.111. The summed E-state index contributed by atoms with van der Waals surface area (Å²) in [5, 5.41) is 0. The summed E-state index contributed by atoms with van der Waals surface area (Å²) in [5.41, 5.74) is 0. The molecule has 1 atom stereocenters. The van der Waals surface area contributed by atoms with E-state index in [-0.39, 0.29) is 16.4 Å². The van der Waals surface area contributed by atoms with Crippen molar-refractivity contribution in [2.24, 2.45) is 0 Å². The zero-order valence-electron chi connectivity index (χ0n) is 12.5. The zero-order valence-corrected chi connectivity index (χ0v) is 14.1. The summed E-state index contributed by atoms with van der Waals surface area (Å²) in [6.07, 6.45) is 2.29. The third-order valence-corrected chi connectivity index (χ3v) is 6.76. The second-order valence-electron chi connectivity index (χ2n) is 5.39. The van der Waals surface area contributed by atoms with Crippen molar-refractivity contribution >= 4 is 19.9 Å². The second kappa shape index (κ2) is 6.97. The molecule has 1 aromatic rings. The molecule has 1 heterocycles. The first-order chi connectivity index (χ1) is 10.3. The molecule has 124 valence electrons. The largest absolute Gasteiger partial charge is 0.494 e. The van der Waals surface area contributed by atoms with E-state index in [2.05, 4.69) is 11.6 Å². The Morgan fingerprint density at radius 3 is 2.50 bits per heavy atom. The standard InChI is InChI=1S/C14H21NO5S2/c1-2-3-9-20-13-4-6-14(7-5-13)22(18,19)15-12-8-10-21(16,17)11-12/h4-7,12,15H,2-3,8-11H2,1H3. The lowest BCUT2D eigenvalue weighted by Gasteiger charge is -2.12. The van der Waals surface area contributed by atoms with Crippen molar-refractivity contribution in [3.8, 4) is 5.75 Å². The van der Waals surface area contributed by atoms with Gasteiger partial charge >= 0.3 is 0 Å². The maximum Gasteiger partial charge on any atom is 0.240 e. The lowest BCUT2D eigenvalue weighted by Crippen LogP contribution is -2.35. The van der Waals surface area contributed by atoms with Crippen LogP contribution in [0.25, 0.3) is 0 Å². The topological polar surface area (TPSA) is 89.5 Å². The maximum atomic E-state index is 12.2. The van der Waals surface area contributed by atoms with Crippen LogP contribution in [-0.4, -0.2) is 41.0 Å². The second-order valence-corrected chi connectivity index (χ2v) is 9.34. The highest BCUT2D eigenvalue weighted by molar-refractivity contribution is 7.92. The van der Waals surface area contributed by atoms with Crippen molar-refractivity contribution in [1.29, 1.82) is 0 Å². The summed E-state index contributed by atoms with van der Waals surface area (Å²) >= 11 is 0. The van der Waals surface area contributed by atoms with Gasteiger partial charge < -0.3 is 4.74 Å². The molecule has 8 heteroatoms. The number of hydrogen-bond acceptors (Lipinski definition) is 5. The van der Waals surface area contributed by atoms with Gasteiger partial charge in [0.25, 0.3) is 0 Å². The Kier molecular flexibility index (Phi) is 5.46. The Balaban J connectivity index is 2.00. The molecule has 1 saturated heterocycles. The first kappa shape index (κ1) is 17.2. The van der Waals surface area contributed by atoms with Crippen LogP contribution in [0.15, 0.2) is 29.2 Å². The van der Waals surface area contributed by atoms with E-state index in [4.69, 9.17) is 4.74 Å². The molecular formula is C14H21NO5S2. The molecule has 1 fully saturated rings. The van der Waals surface area contributed by atoms with Crippen LogP contribution in [-0.2, 0) is 19.9 Å². The minimum absolute atomic E-state index is 0.0321. The quantitative estimate of drug-likeness (QED) is 0.752. The zero-order chi connectivity index (χ0) is 16.2. The molecule has 1 aliphatic heterocycles. The number of hydrogen-bond donors (Lipinski definition) is 1. The normalized spacial score (nSPS) is 20.9. The van der Waals surface area contributed by atoms with E-state index in [0.29, 0.717) is 18.8 Å². The summed E-state index contributed by atoms with van der Waals surface area (Å²) in [6, 6.07) is 5.60. The van der Waals surface area contributed by atoms with Gasteiger partial charge in [0.1, 0.15) is 5.75 Å². The van der Waals surface area contributed by atoms with Crippen molar-refractivity contribution in [2.45, 2.75) is 37.1 Å². The molecule has 0 spiro atoms. The van der Waals surface area contributed by atoms with Crippen LogP contribution in [0.2, 0.25) is 0 Å². The molecule has 1 aromatic carbocycles. The highest BCUT2D eigenvalue weighted by Crippen LogP contribution is 2.19. The van der Waals surface area contributed by atoms with Gasteiger partial charge in [-0.1, -0.05) is 13.3 Å². The molecule has 1 N–H and O–H groups in total. The number of rotatable bonds is 7. The molecular weight excluding hydrogens is 326 g/mol. The first-order valence-electron chi connectivity index (χ1n) is 7.28. The van der Waals surface area contributed by atoms with E-state index in [1.54, 1.807) is 12.1 Å². The van der Waals surface area contributed by atoms with Gasteiger partial charge in [-0.25, -0.2) is 21.6 Å². The average Bonchev–Trinajstić information content (AvgIpc) is 2.78. The molecule has 0 radical (unpaired) electrons. The van der Waals surface area contributed by atoms with Gasteiger partial charge in [0, 0.05) is 6.04 Å². The number of sulfonamides is 1. The fraction of sp³-hybridized carbons (Fsp3) is 0.571. The van der Waals surface area contributed by atoms with E-state index in [0.717, 1.165) is 12.8 Å². The SMILES string of the molecule is CCCCOc1ccc(S(=O)(=O)NC2CCS(=O)(=O)C2)cc1. The number of sulfone groups is 1. The molecule has 22 heavy (non-hydrogen) atoms. The molecule has 0 amide bonds. The van der Waals surface area contributed by atoms with Crippen LogP contribution < -0.4 is 9.46 Å². The van der Waals surface area contributed by atoms with Crippen molar-refractivity contribution in [2.75, 3.05) is 18.1 Å². The van der Waals surface area contributed by atoms with Gasteiger partial charge in [-0.3, -0.25) is 0 Å². The minimum atomic E-state index is -3.71. The molecule has 0 saturated carbocycles. The van der Waals surface area contributed by atoms with Crippen molar-refractivity contribution < 1.29 is 21.6 Å². The first-order valence-corrected chi connectivity index (χ1v) is 10.6. The van der Waals surface area contributed by atoms with E-state index in [1.807, 2.05) is 0 Å². The molecule has 1 unspecified atom stereocenters. The Labute approximate surface area is 131 Å². The van der Waals surface area contributed by atoms with Crippen LogP contribution >= 0.6 is 0 Å². The van der Waals surface area contributed by atoms with Gasteiger partial charge in [0.05, 0.1) is 23.0 Å². The Morgan fingerprint density at radius 2 is 1.95 bits per heavy atom.